The molecule has 4 rings (SSSR count). The van der Waals surface area contributed by atoms with Gasteiger partial charge in [0.1, 0.15) is 5.69 Å². The predicted octanol–water partition coefficient (Wildman–Crippen LogP) is 2.30. The van der Waals surface area contributed by atoms with Crippen LogP contribution >= 0.6 is 11.6 Å². The molecular weight excluding hydrogens is 302 g/mol. The fourth-order valence-electron chi connectivity index (χ4n) is 3.64. The fourth-order valence-corrected chi connectivity index (χ4v) is 3.85. The molecule has 1 amide bonds. The van der Waals surface area contributed by atoms with E-state index < -0.39 is 5.54 Å². The van der Waals surface area contributed by atoms with Gasteiger partial charge >= 0.3 is 0 Å². The van der Waals surface area contributed by atoms with E-state index in [4.69, 9.17) is 16.1 Å². The highest BCUT2D eigenvalue weighted by molar-refractivity contribution is 6.34. The lowest BCUT2D eigenvalue weighted by atomic mass is 9.96. The summed E-state index contributed by atoms with van der Waals surface area (Å²) in [5.41, 5.74) is 0.674. The van der Waals surface area contributed by atoms with Gasteiger partial charge in [0.25, 0.3) is 0 Å². The lowest BCUT2D eigenvalue weighted by molar-refractivity contribution is -0.124. The van der Waals surface area contributed by atoms with E-state index >= 15 is 0 Å². The van der Waals surface area contributed by atoms with Gasteiger partial charge in [-0.25, -0.2) is 0 Å². The first-order valence-electron chi connectivity index (χ1n) is 7.56. The second-order valence-electron chi connectivity index (χ2n) is 6.77. The Hall–Kier alpha value is -1.59. The van der Waals surface area contributed by atoms with Crippen molar-refractivity contribution in [3.05, 3.63) is 28.9 Å². The standard InChI is InChI=1S/C16H18ClN3O2/c1-16(2,19-15(21)12-9-6-18-7-10(9)12)14-8-4-3-5-11(17)13(8)22-20-14/h3-5,9-10,12,18H,6-7H2,1-2H3,(H,19,21). The minimum Gasteiger partial charge on any atom is -0.354 e. The highest BCUT2D eigenvalue weighted by atomic mass is 35.5. The van der Waals surface area contributed by atoms with Gasteiger partial charge in [0, 0.05) is 11.3 Å². The zero-order valence-electron chi connectivity index (χ0n) is 12.5. The molecule has 6 heteroatoms. The average molecular weight is 320 g/mol. The SMILES string of the molecule is CC(C)(NC(=O)C1C2CNCC21)c1noc2c(Cl)cccc12. The normalized spacial score (nSPS) is 27.0. The van der Waals surface area contributed by atoms with E-state index in [1.165, 1.54) is 0 Å². The minimum atomic E-state index is -0.600. The molecule has 2 heterocycles. The van der Waals surface area contributed by atoms with Gasteiger partial charge in [-0.2, -0.15) is 0 Å². The summed E-state index contributed by atoms with van der Waals surface area (Å²) in [5.74, 6) is 1.25. The Bertz CT molecular complexity index is 745. The number of aromatic nitrogens is 1. The van der Waals surface area contributed by atoms with Gasteiger partial charge in [-0.3, -0.25) is 4.79 Å². The maximum absolute atomic E-state index is 12.5. The summed E-state index contributed by atoms with van der Waals surface area (Å²) in [7, 11) is 0. The molecule has 2 N–H and O–H groups in total. The molecule has 1 aromatic heterocycles. The summed E-state index contributed by atoms with van der Waals surface area (Å²) in [6.45, 7) is 5.79. The van der Waals surface area contributed by atoms with Gasteiger partial charge in [0.15, 0.2) is 5.58 Å². The zero-order valence-corrected chi connectivity index (χ0v) is 13.3. The third kappa shape index (κ3) is 2.03. The lowest BCUT2D eigenvalue weighted by Crippen LogP contribution is -2.43. The van der Waals surface area contributed by atoms with Gasteiger partial charge in [0.2, 0.25) is 5.91 Å². The van der Waals surface area contributed by atoms with Crippen LogP contribution in [0.4, 0.5) is 0 Å². The van der Waals surface area contributed by atoms with Crippen molar-refractivity contribution in [3.63, 3.8) is 0 Å². The van der Waals surface area contributed by atoms with Crippen molar-refractivity contribution in [2.75, 3.05) is 13.1 Å². The summed E-state index contributed by atoms with van der Waals surface area (Å²) in [5, 5.41) is 12.0. The van der Waals surface area contributed by atoms with E-state index in [1.807, 2.05) is 26.0 Å². The molecule has 0 spiro atoms. The van der Waals surface area contributed by atoms with E-state index in [9.17, 15) is 4.79 Å². The molecule has 0 radical (unpaired) electrons. The molecule has 1 saturated carbocycles. The largest absolute Gasteiger partial charge is 0.354 e. The Kier molecular flexibility index (Phi) is 3.00. The number of carbonyl (C=O) groups is 1. The summed E-state index contributed by atoms with van der Waals surface area (Å²) in [4.78, 5) is 12.5. The molecule has 2 atom stereocenters. The van der Waals surface area contributed by atoms with Crippen molar-refractivity contribution in [2.45, 2.75) is 19.4 Å². The van der Waals surface area contributed by atoms with E-state index in [0.717, 1.165) is 18.5 Å². The van der Waals surface area contributed by atoms with E-state index in [2.05, 4.69) is 15.8 Å². The van der Waals surface area contributed by atoms with Crippen LogP contribution in [-0.2, 0) is 10.3 Å². The number of hydrogen-bond acceptors (Lipinski definition) is 4. The second-order valence-corrected chi connectivity index (χ2v) is 7.18. The maximum atomic E-state index is 12.5. The Morgan fingerprint density at radius 1 is 1.41 bits per heavy atom. The predicted molar refractivity (Wildman–Crippen MR) is 83.5 cm³/mol. The van der Waals surface area contributed by atoms with Crippen LogP contribution in [0.5, 0.6) is 0 Å². The van der Waals surface area contributed by atoms with E-state index in [1.54, 1.807) is 6.07 Å². The van der Waals surface area contributed by atoms with Crippen LogP contribution < -0.4 is 10.6 Å². The van der Waals surface area contributed by atoms with Crippen molar-refractivity contribution in [1.82, 2.24) is 15.8 Å². The first-order valence-corrected chi connectivity index (χ1v) is 7.94. The molecular formula is C16H18ClN3O2. The molecule has 2 aromatic rings. The van der Waals surface area contributed by atoms with Crippen LogP contribution in [0, 0.1) is 17.8 Å². The number of rotatable bonds is 3. The monoisotopic (exact) mass is 319 g/mol. The minimum absolute atomic E-state index is 0.111. The number of benzene rings is 1. The van der Waals surface area contributed by atoms with Crippen LogP contribution in [0.3, 0.4) is 0 Å². The summed E-state index contributed by atoms with van der Waals surface area (Å²) < 4.78 is 5.36. The summed E-state index contributed by atoms with van der Waals surface area (Å²) in [6, 6.07) is 5.54. The van der Waals surface area contributed by atoms with Crippen LogP contribution in [0.25, 0.3) is 11.0 Å². The maximum Gasteiger partial charge on any atom is 0.224 e. The van der Waals surface area contributed by atoms with Crippen LogP contribution in [0.1, 0.15) is 19.5 Å². The third-order valence-corrected chi connectivity index (χ3v) is 5.17. The topological polar surface area (TPSA) is 67.2 Å². The second kappa shape index (κ2) is 4.70. The molecule has 0 bridgehead atoms. The molecule has 2 aliphatic rings. The Morgan fingerprint density at radius 2 is 2.14 bits per heavy atom. The zero-order chi connectivity index (χ0) is 15.5. The van der Waals surface area contributed by atoms with Crippen molar-refractivity contribution >= 4 is 28.5 Å². The number of nitrogens with zero attached hydrogens (tertiary/aromatic N) is 1. The van der Waals surface area contributed by atoms with Gasteiger partial charge in [-0.05, 0) is 50.9 Å². The molecule has 116 valence electrons. The average Bonchev–Trinajstić information content (AvgIpc) is 2.85. The number of piperidine rings is 1. The summed E-state index contributed by atoms with van der Waals surface area (Å²) >= 11 is 6.12. The first-order chi connectivity index (χ1) is 10.5. The van der Waals surface area contributed by atoms with E-state index in [-0.39, 0.29) is 11.8 Å². The molecule has 1 saturated heterocycles. The molecule has 5 nitrogen and oxygen atoms in total. The molecule has 2 fully saturated rings. The van der Waals surface area contributed by atoms with Crippen LogP contribution in [0.2, 0.25) is 5.02 Å². The van der Waals surface area contributed by atoms with Crippen molar-refractivity contribution in [3.8, 4) is 0 Å². The molecule has 22 heavy (non-hydrogen) atoms. The number of fused-ring (bicyclic) bond motifs is 2. The van der Waals surface area contributed by atoms with Gasteiger partial charge < -0.3 is 15.2 Å². The van der Waals surface area contributed by atoms with Gasteiger partial charge in [-0.15, -0.1) is 0 Å². The molecule has 2 unspecified atom stereocenters. The quantitative estimate of drug-likeness (QED) is 0.911. The Balaban J connectivity index is 1.59. The van der Waals surface area contributed by atoms with Crippen LogP contribution in [0.15, 0.2) is 22.7 Å². The number of nitrogens with one attached hydrogen (secondary N) is 2. The Labute approximate surface area is 133 Å². The smallest absolute Gasteiger partial charge is 0.224 e. The lowest BCUT2D eigenvalue weighted by Gasteiger charge is -2.24. The number of halogens is 1. The summed E-state index contributed by atoms with van der Waals surface area (Å²) in [6.07, 6.45) is 0. The molecule has 1 aliphatic heterocycles. The number of para-hydroxylation sites is 1. The molecule has 1 aromatic carbocycles. The van der Waals surface area contributed by atoms with Crippen molar-refractivity contribution < 1.29 is 9.32 Å². The molecule has 1 aliphatic carbocycles. The highest BCUT2D eigenvalue weighted by Gasteiger charge is 2.57. The number of carbonyl (C=O) groups excluding carboxylic acids is 1. The fraction of sp³-hybridized carbons (Fsp3) is 0.500. The first kappa shape index (κ1) is 14.0. The Morgan fingerprint density at radius 3 is 2.86 bits per heavy atom. The van der Waals surface area contributed by atoms with Crippen molar-refractivity contribution in [2.24, 2.45) is 17.8 Å². The highest BCUT2D eigenvalue weighted by Crippen LogP contribution is 2.49. The van der Waals surface area contributed by atoms with Crippen molar-refractivity contribution in [1.29, 1.82) is 0 Å². The van der Waals surface area contributed by atoms with Gasteiger partial charge in [0.05, 0.1) is 10.6 Å². The van der Waals surface area contributed by atoms with Crippen LogP contribution in [-0.4, -0.2) is 24.2 Å². The van der Waals surface area contributed by atoms with E-state index in [0.29, 0.717) is 28.1 Å². The van der Waals surface area contributed by atoms with Gasteiger partial charge in [-0.1, -0.05) is 22.8 Å². The number of hydrogen-bond donors (Lipinski definition) is 2. The third-order valence-electron chi connectivity index (χ3n) is 4.87. The number of amides is 1.